The van der Waals surface area contributed by atoms with Gasteiger partial charge in [0.15, 0.2) is 0 Å². The maximum Gasteiger partial charge on any atom is 0.248 e. The van der Waals surface area contributed by atoms with Crippen LogP contribution in [0.15, 0.2) is 133 Å². The molecule has 4 aliphatic rings. The van der Waals surface area contributed by atoms with Gasteiger partial charge in [-0.1, -0.05) is 120 Å². The van der Waals surface area contributed by atoms with Crippen molar-refractivity contribution in [1.29, 1.82) is 0 Å². The van der Waals surface area contributed by atoms with E-state index in [-0.39, 0.29) is 13.4 Å². The molecule has 8 aromatic carbocycles. The molecule has 0 aliphatic carbocycles. The molecule has 0 N–H and O–H groups in total. The number of hydrogen-bond acceptors (Lipinski definition) is 0. The molecule has 2 aromatic heterocycles. The van der Waals surface area contributed by atoms with Crippen LogP contribution >= 0.6 is 0 Å². The molecule has 214 valence electrons. The van der Waals surface area contributed by atoms with E-state index >= 15 is 0 Å². The lowest BCUT2D eigenvalue weighted by Crippen LogP contribution is -2.65. The third-order valence-corrected chi connectivity index (χ3v) is 12.4. The molecule has 0 spiro atoms. The number of para-hydroxylation sites is 4. The summed E-state index contributed by atoms with van der Waals surface area (Å²) < 4.78 is 5.24. The summed E-state index contributed by atoms with van der Waals surface area (Å²) in [5, 5.41) is 10.9. The molecule has 0 atom stereocenters. The SMILES string of the molecule is c1cc2c3c4c5c(cccc5cc3c1)B1c3c(cc5c(c3-4)B2c2cccc3c4ccccc4n-5c23)-n2c3ccccc3c3cccc1c32. The van der Waals surface area contributed by atoms with E-state index in [9.17, 15) is 0 Å². The van der Waals surface area contributed by atoms with Gasteiger partial charge in [0.1, 0.15) is 0 Å². The van der Waals surface area contributed by atoms with Crippen LogP contribution in [0.4, 0.5) is 0 Å². The normalized spacial score (nSPS) is 14.2. The summed E-state index contributed by atoms with van der Waals surface area (Å²) in [5.41, 5.74) is 19.6. The maximum absolute atomic E-state index is 2.62. The van der Waals surface area contributed by atoms with Crippen molar-refractivity contribution in [3.8, 4) is 22.5 Å². The number of benzene rings is 8. The number of nitrogens with zero attached hydrogens (tertiary/aromatic N) is 2. The lowest BCUT2D eigenvalue weighted by Gasteiger charge is -2.42. The van der Waals surface area contributed by atoms with Crippen molar-refractivity contribution in [2.75, 3.05) is 0 Å². The first-order chi connectivity index (χ1) is 23.9. The Morgan fingerprint density at radius 3 is 1.38 bits per heavy atom. The Balaban J connectivity index is 1.33. The smallest absolute Gasteiger partial charge is 0.248 e. The van der Waals surface area contributed by atoms with Crippen molar-refractivity contribution >= 4 is 111 Å². The molecule has 0 amide bonds. The summed E-state index contributed by atoms with van der Waals surface area (Å²) in [4.78, 5) is 0. The number of fused-ring (bicyclic) bond motifs is 12. The Kier molecular flexibility index (Phi) is 3.61. The standard InChI is InChI=1S/C44H22B2N2/c1-3-19-33-25(11-1)27-13-7-17-31-43(27)47(33)35-22-36-42-40-39-37-23(9-5-15-29(37)45(31)41(35)40)21-24-10-6-16-30(38(24)39)46(42)32-18-8-14-28-26-12-2-4-20-34(26)48(36)44(28)32/h1-22H. The third kappa shape index (κ3) is 2.26. The van der Waals surface area contributed by atoms with Crippen molar-refractivity contribution < 1.29 is 0 Å². The average molecular weight is 600 g/mol. The fourth-order valence-corrected chi connectivity index (χ4v) is 10.9. The van der Waals surface area contributed by atoms with E-state index in [0.29, 0.717) is 0 Å². The second kappa shape index (κ2) is 7.43. The van der Waals surface area contributed by atoms with E-state index in [1.165, 1.54) is 120 Å². The van der Waals surface area contributed by atoms with Gasteiger partial charge >= 0.3 is 0 Å². The summed E-state index contributed by atoms with van der Waals surface area (Å²) >= 11 is 0. The Morgan fingerprint density at radius 1 is 0.375 bits per heavy atom. The lowest BCUT2D eigenvalue weighted by atomic mass is 9.27. The molecule has 0 unspecified atom stereocenters. The zero-order chi connectivity index (χ0) is 30.6. The van der Waals surface area contributed by atoms with E-state index in [0.717, 1.165) is 0 Å². The minimum atomic E-state index is 0.166. The Labute approximate surface area is 275 Å². The number of rotatable bonds is 0. The van der Waals surface area contributed by atoms with E-state index < -0.39 is 0 Å². The van der Waals surface area contributed by atoms with Gasteiger partial charge in [-0.2, -0.15) is 0 Å². The highest BCUT2D eigenvalue weighted by Crippen LogP contribution is 2.45. The van der Waals surface area contributed by atoms with Crippen molar-refractivity contribution in [2.24, 2.45) is 0 Å². The first kappa shape index (κ1) is 23.3. The van der Waals surface area contributed by atoms with Crippen LogP contribution in [-0.2, 0) is 0 Å². The molecule has 48 heavy (non-hydrogen) atoms. The van der Waals surface area contributed by atoms with Gasteiger partial charge in [0.25, 0.3) is 0 Å². The molecule has 0 fully saturated rings. The summed E-state index contributed by atoms with van der Waals surface area (Å²) in [6.07, 6.45) is 0. The first-order valence-electron chi connectivity index (χ1n) is 17.1. The van der Waals surface area contributed by atoms with Gasteiger partial charge in [-0.25, -0.2) is 0 Å². The molecule has 10 aromatic rings. The van der Waals surface area contributed by atoms with Crippen LogP contribution < -0.4 is 32.8 Å². The lowest BCUT2D eigenvalue weighted by molar-refractivity contribution is 1.15. The Hall–Kier alpha value is -5.99. The average Bonchev–Trinajstić information content (AvgIpc) is 3.66. The highest BCUT2D eigenvalue weighted by atomic mass is 15.0. The molecule has 0 saturated carbocycles. The van der Waals surface area contributed by atoms with E-state index in [1.807, 2.05) is 0 Å². The predicted molar refractivity (Wildman–Crippen MR) is 205 cm³/mol. The van der Waals surface area contributed by atoms with Gasteiger partial charge in [-0.3, -0.25) is 0 Å². The van der Waals surface area contributed by atoms with E-state index in [2.05, 4.69) is 143 Å². The molecule has 2 nitrogen and oxygen atoms in total. The van der Waals surface area contributed by atoms with Gasteiger partial charge in [0.2, 0.25) is 13.4 Å². The van der Waals surface area contributed by atoms with Crippen LogP contribution in [0.25, 0.3) is 87.7 Å². The summed E-state index contributed by atoms with van der Waals surface area (Å²) in [5.74, 6) is 0. The molecule has 0 bridgehead atoms. The summed E-state index contributed by atoms with van der Waals surface area (Å²) in [6, 6.07) is 51.3. The van der Waals surface area contributed by atoms with Gasteiger partial charge in [0, 0.05) is 44.0 Å². The molecular weight excluding hydrogens is 578 g/mol. The van der Waals surface area contributed by atoms with Crippen LogP contribution in [0.2, 0.25) is 0 Å². The second-order valence-corrected chi connectivity index (χ2v) is 14.3. The number of aromatic nitrogens is 2. The second-order valence-electron chi connectivity index (χ2n) is 14.3. The van der Waals surface area contributed by atoms with Crippen LogP contribution in [-0.4, -0.2) is 22.6 Å². The van der Waals surface area contributed by atoms with Crippen LogP contribution in [0.1, 0.15) is 0 Å². The topological polar surface area (TPSA) is 9.86 Å². The van der Waals surface area contributed by atoms with Gasteiger partial charge < -0.3 is 9.13 Å². The molecular formula is C44H22B2N2. The monoisotopic (exact) mass is 600 g/mol. The van der Waals surface area contributed by atoms with Crippen LogP contribution in [0.3, 0.4) is 0 Å². The summed E-state index contributed by atoms with van der Waals surface area (Å²) in [6.45, 7) is 0.331. The highest BCUT2D eigenvalue weighted by molar-refractivity contribution is 7.05. The minimum absolute atomic E-state index is 0.166. The minimum Gasteiger partial charge on any atom is -0.310 e. The highest BCUT2D eigenvalue weighted by Gasteiger charge is 2.47. The summed E-state index contributed by atoms with van der Waals surface area (Å²) in [7, 11) is 0. The Bertz CT molecular complexity index is 3040. The number of hydrogen-bond donors (Lipinski definition) is 0. The van der Waals surface area contributed by atoms with Crippen LogP contribution in [0, 0.1) is 0 Å². The van der Waals surface area contributed by atoms with E-state index in [1.54, 1.807) is 0 Å². The van der Waals surface area contributed by atoms with Crippen molar-refractivity contribution in [1.82, 2.24) is 9.13 Å². The quantitative estimate of drug-likeness (QED) is 0.146. The molecule has 4 heteroatoms. The molecule has 4 aliphatic heterocycles. The van der Waals surface area contributed by atoms with Gasteiger partial charge in [-0.05, 0) is 78.8 Å². The fourth-order valence-electron chi connectivity index (χ4n) is 10.9. The van der Waals surface area contributed by atoms with Crippen LogP contribution in [0.5, 0.6) is 0 Å². The predicted octanol–water partition coefficient (Wildman–Crippen LogP) is 6.14. The third-order valence-electron chi connectivity index (χ3n) is 12.4. The molecule has 0 radical (unpaired) electrons. The van der Waals surface area contributed by atoms with E-state index in [4.69, 9.17) is 0 Å². The Morgan fingerprint density at radius 2 is 0.833 bits per heavy atom. The van der Waals surface area contributed by atoms with Crippen molar-refractivity contribution in [3.05, 3.63) is 133 Å². The maximum atomic E-state index is 2.62. The molecule has 6 heterocycles. The zero-order valence-corrected chi connectivity index (χ0v) is 25.8. The largest absolute Gasteiger partial charge is 0.310 e. The molecule has 14 rings (SSSR count). The van der Waals surface area contributed by atoms with Crippen molar-refractivity contribution in [3.63, 3.8) is 0 Å². The van der Waals surface area contributed by atoms with Crippen molar-refractivity contribution in [2.45, 2.75) is 0 Å². The van der Waals surface area contributed by atoms with Gasteiger partial charge in [0.05, 0.1) is 11.0 Å². The zero-order valence-electron chi connectivity index (χ0n) is 25.8. The molecule has 0 saturated heterocycles. The first-order valence-corrected chi connectivity index (χ1v) is 17.1. The fraction of sp³-hybridized carbons (Fsp3) is 0. The van der Waals surface area contributed by atoms with Gasteiger partial charge in [-0.15, -0.1) is 0 Å².